The van der Waals surface area contributed by atoms with Gasteiger partial charge in [-0.15, -0.1) is 0 Å². The highest BCUT2D eigenvalue weighted by Gasteiger charge is 2.23. The fraction of sp³-hybridized carbons (Fsp3) is 0.421. The minimum atomic E-state index is -3.99. The molecule has 0 fully saturated rings. The van der Waals surface area contributed by atoms with Gasteiger partial charge < -0.3 is 9.47 Å². The van der Waals surface area contributed by atoms with Gasteiger partial charge >= 0.3 is 11.9 Å². The predicted molar refractivity (Wildman–Crippen MR) is 106 cm³/mol. The van der Waals surface area contributed by atoms with Gasteiger partial charge in [0.15, 0.2) is 0 Å². The molecule has 1 heterocycles. The second kappa shape index (κ2) is 8.64. The molecule has 0 radical (unpaired) electrons. The summed E-state index contributed by atoms with van der Waals surface area (Å²) >= 11 is 0. The zero-order chi connectivity index (χ0) is 21.9. The highest BCUT2D eigenvalue weighted by molar-refractivity contribution is 7.92. The molecule has 0 unspecified atom stereocenters. The van der Waals surface area contributed by atoms with E-state index in [9.17, 15) is 18.0 Å². The number of aryl methyl sites for hydroxylation is 2. The van der Waals surface area contributed by atoms with Crippen molar-refractivity contribution in [1.29, 1.82) is 0 Å². The molecule has 0 aliphatic carbocycles. The van der Waals surface area contributed by atoms with Gasteiger partial charge in [0.25, 0.3) is 10.0 Å². The largest absolute Gasteiger partial charge is 0.459 e. The van der Waals surface area contributed by atoms with Crippen LogP contribution in [0.5, 0.6) is 0 Å². The molecule has 0 spiro atoms. The third-order valence-corrected chi connectivity index (χ3v) is 5.08. The van der Waals surface area contributed by atoms with Gasteiger partial charge in [-0.1, -0.05) is 0 Å². The Morgan fingerprint density at radius 2 is 1.48 bits per heavy atom. The van der Waals surface area contributed by atoms with Crippen molar-refractivity contribution in [2.45, 2.75) is 51.7 Å². The highest BCUT2D eigenvalue weighted by atomic mass is 32.2. The molecule has 0 amide bonds. The Labute approximate surface area is 170 Å². The van der Waals surface area contributed by atoms with E-state index in [1.807, 2.05) is 0 Å². The van der Waals surface area contributed by atoms with Crippen LogP contribution in [-0.4, -0.2) is 42.3 Å². The maximum Gasteiger partial charge on any atom is 0.338 e. The fourth-order valence-electron chi connectivity index (χ4n) is 2.54. The number of benzene rings is 1. The molecule has 0 aliphatic rings. The average Bonchev–Trinajstić information content (AvgIpc) is 2.92. The van der Waals surface area contributed by atoms with E-state index in [1.165, 1.54) is 29.1 Å². The van der Waals surface area contributed by atoms with Gasteiger partial charge in [0.1, 0.15) is 4.90 Å². The average molecular weight is 423 g/mol. The van der Waals surface area contributed by atoms with Crippen LogP contribution >= 0.6 is 0 Å². The molecule has 29 heavy (non-hydrogen) atoms. The normalized spacial score (nSPS) is 11.6. The Morgan fingerprint density at radius 1 is 1.00 bits per heavy atom. The molecule has 0 bridgehead atoms. The summed E-state index contributed by atoms with van der Waals surface area (Å²) in [6, 6.07) is 3.92. The smallest absolute Gasteiger partial charge is 0.338 e. The van der Waals surface area contributed by atoms with Crippen LogP contribution < -0.4 is 4.72 Å². The molecule has 0 aliphatic heterocycles. The van der Waals surface area contributed by atoms with Crippen molar-refractivity contribution < 1.29 is 27.5 Å². The number of rotatable bonds is 7. The molecule has 0 saturated heterocycles. The second-order valence-corrected chi connectivity index (χ2v) is 8.72. The first kappa shape index (κ1) is 22.4. The Hall–Kier alpha value is -2.88. The first-order valence-electron chi connectivity index (χ1n) is 8.99. The van der Waals surface area contributed by atoms with Crippen LogP contribution in [0.1, 0.15) is 54.1 Å². The van der Waals surface area contributed by atoms with E-state index in [2.05, 4.69) is 9.82 Å². The van der Waals surface area contributed by atoms with E-state index in [-0.39, 0.29) is 33.9 Å². The van der Waals surface area contributed by atoms with E-state index < -0.39 is 22.0 Å². The molecule has 10 heteroatoms. The third kappa shape index (κ3) is 5.80. The van der Waals surface area contributed by atoms with E-state index in [1.54, 1.807) is 41.7 Å². The lowest BCUT2D eigenvalue weighted by Crippen LogP contribution is -2.18. The van der Waals surface area contributed by atoms with Crippen LogP contribution in [-0.2, 0) is 26.5 Å². The first-order valence-corrected chi connectivity index (χ1v) is 10.5. The van der Waals surface area contributed by atoms with Crippen molar-refractivity contribution in [2.24, 2.45) is 7.05 Å². The number of ether oxygens (including phenoxy) is 2. The van der Waals surface area contributed by atoms with Crippen LogP contribution in [0, 0.1) is 6.92 Å². The van der Waals surface area contributed by atoms with Crippen molar-refractivity contribution in [2.75, 3.05) is 4.72 Å². The van der Waals surface area contributed by atoms with Gasteiger partial charge in [0, 0.05) is 13.2 Å². The van der Waals surface area contributed by atoms with Gasteiger partial charge in [0.05, 0.1) is 34.7 Å². The Bertz CT molecular complexity index is 984. The summed E-state index contributed by atoms with van der Waals surface area (Å²) in [5.74, 6) is -1.37. The first-order chi connectivity index (χ1) is 13.4. The molecule has 0 atom stereocenters. The van der Waals surface area contributed by atoms with Crippen LogP contribution in [0.25, 0.3) is 0 Å². The van der Waals surface area contributed by atoms with Crippen molar-refractivity contribution in [1.82, 2.24) is 9.78 Å². The van der Waals surface area contributed by atoms with Crippen molar-refractivity contribution in [3.05, 3.63) is 41.2 Å². The molecule has 0 saturated carbocycles. The summed E-state index contributed by atoms with van der Waals surface area (Å²) < 4.78 is 39.6. The lowest BCUT2D eigenvalue weighted by molar-refractivity contribution is 0.0377. The summed E-state index contributed by atoms with van der Waals surface area (Å²) in [7, 11) is -2.39. The number of aromatic nitrogens is 2. The van der Waals surface area contributed by atoms with Gasteiger partial charge in [-0.25, -0.2) is 18.0 Å². The highest BCUT2D eigenvalue weighted by Crippen LogP contribution is 2.22. The SMILES string of the molecule is Cc1nn(C)cc1S(=O)(=O)Nc1cc(C(=O)OC(C)C)cc(C(=O)OC(C)C)c1. The summed E-state index contributed by atoms with van der Waals surface area (Å²) in [5, 5.41) is 4.03. The zero-order valence-electron chi connectivity index (χ0n) is 17.2. The Kier molecular flexibility index (Phi) is 6.68. The minimum absolute atomic E-state index is 0.0125. The predicted octanol–water partition coefficient (Wildman–Crippen LogP) is 2.66. The number of anilines is 1. The Balaban J connectivity index is 2.47. The number of hydrogen-bond acceptors (Lipinski definition) is 7. The number of nitrogens with one attached hydrogen (secondary N) is 1. The molecule has 1 N–H and O–H groups in total. The number of carbonyl (C=O) groups is 2. The molecule has 2 rings (SSSR count). The summed E-state index contributed by atoms with van der Waals surface area (Å²) in [6.45, 7) is 8.30. The maximum absolute atomic E-state index is 12.8. The second-order valence-electron chi connectivity index (χ2n) is 7.07. The van der Waals surface area contributed by atoms with E-state index in [0.29, 0.717) is 5.69 Å². The number of carbonyl (C=O) groups excluding carboxylic acids is 2. The maximum atomic E-state index is 12.8. The number of esters is 2. The van der Waals surface area contributed by atoms with Gasteiger partial charge in [0.2, 0.25) is 0 Å². The Morgan fingerprint density at radius 3 is 1.86 bits per heavy atom. The lowest BCUT2D eigenvalue weighted by atomic mass is 10.1. The minimum Gasteiger partial charge on any atom is -0.459 e. The van der Waals surface area contributed by atoms with Crippen molar-refractivity contribution >= 4 is 27.6 Å². The van der Waals surface area contributed by atoms with Gasteiger partial charge in [-0.2, -0.15) is 5.10 Å². The standard InChI is InChI=1S/C19H25N3O6S/c1-11(2)27-18(23)14-7-15(19(24)28-12(3)4)9-16(8-14)21-29(25,26)17-10-22(6)20-13(17)5/h7-12,21H,1-6H3. The van der Waals surface area contributed by atoms with Gasteiger partial charge in [-0.3, -0.25) is 9.40 Å². The molecular formula is C19H25N3O6S. The van der Waals surface area contributed by atoms with E-state index >= 15 is 0 Å². The lowest BCUT2D eigenvalue weighted by Gasteiger charge is -2.14. The monoisotopic (exact) mass is 423 g/mol. The fourth-order valence-corrected chi connectivity index (χ4v) is 3.80. The van der Waals surface area contributed by atoms with Crippen LogP contribution in [0.3, 0.4) is 0 Å². The van der Waals surface area contributed by atoms with Crippen LogP contribution in [0.4, 0.5) is 5.69 Å². The summed E-state index contributed by atoms with van der Waals surface area (Å²) in [6.07, 6.45) is 0.599. The van der Waals surface area contributed by atoms with E-state index in [4.69, 9.17) is 9.47 Å². The number of sulfonamides is 1. The van der Waals surface area contributed by atoms with Crippen molar-refractivity contribution in [3.8, 4) is 0 Å². The third-order valence-electron chi connectivity index (χ3n) is 3.60. The topological polar surface area (TPSA) is 117 Å². The summed E-state index contributed by atoms with van der Waals surface area (Å²) in [4.78, 5) is 24.7. The number of hydrogen-bond donors (Lipinski definition) is 1. The molecule has 2 aromatic rings. The van der Waals surface area contributed by atoms with Crippen LogP contribution in [0.15, 0.2) is 29.3 Å². The van der Waals surface area contributed by atoms with Crippen LogP contribution in [0.2, 0.25) is 0 Å². The molecule has 9 nitrogen and oxygen atoms in total. The van der Waals surface area contributed by atoms with E-state index in [0.717, 1.165) is 0 Å². The van der Waals surface area contributed by atoms with Crippen molar-refractivity contribution in [3.63, 3.8) is 0 Å². The molecule has 1 aromatic heterocycles. The molecular weight excluding hydrogens is 398 g/mol. The number of nitrogens with zero attached hydrogens (tertiary/aromatic N) is 2. The molecule has 158 valence electrons. The molecule has 1 aromatic carbocycles. The summed E-state index contributed by atoms with van der Waals surface area (Å²) in [5.41, 5.74) is 0.395. The quantitative estimate of drug-likeness (QED) is 0.681. The zero-order valence-corrected chi connectivity index (χ0v) is 18.0. The van der Waals surface area contributed by atoms with Gasteiger partial charge in [-0.05, 0) is 52.8 Å².